The molecule has 220 valence electrons. The summed E-state index contributed by atoms with van der Waals surface area (Å²) in [7, 11) is 2.86. The third kappa shape index (κ3) is 5.94. The zero-order chi connectivity index (χ0) is 30.5. The van der Waals surface area contributed by atoms with Crippen LogP contribution in [0.25, 0.3) is 6.08 Å². The maximum absolute atomic E-state index is 14.2. The maximum Gasteiger partial charge on any atom is 0.338 e. The summed E-state index contributed by atoms with van der Waals surface area (Å²) >= 11 is 1.25. The Morgan fingerprint density at radius 3 is 2.51 bits per heavy atom. The molecule has 0 spiro atoms. The molecule has 0 aliphatic carbocycles. The van der Waals surface area contributed by atoms with Crippen LogP contribution < -0.4 is 24.4 Å². The highest BCUT2D eigenvalue weighted by molar-refractivity contribution is 7.07. The number of ether oxygens (including phenoxy) is 3. The highest BCUT2D eigenvalue weighted by Crippen LogP contribution is 2.35. The van der Waals surface area contributed by atoms with Gasteiger partial charge in [0.05, 0.1) is 36.1 Å². The summed E-state index contributed by atoms with van der Waals surface area (Å²) in [6.45, 7) is 5.80. The van der Waals surface area contributed by atoms with Gasteiger partial charge in [-0.3, -0.25) is 9.36 Å². The Labute approximate surface area is 252 Å². The van der Waals surface area contributed by atoms with E-state index in [1.54, 1.807) is 41.0 Å². The number of carbonyl (C=O) groups is 1. The van der Waals surface area contributed by atoms with Crippen LogP contribution in [0.2, 0.25) is 0 Å². The highest BCUT2D eigenvalue weighted by atomic mass is 32.1. The Morgan fingerprint density at radius 1 is 1.09 bits per heavy atom. The maximum atomic E-state index is 14.2. The van der Waals surface area contributed by atoms with Crippen LogP contribution in [-0.2, 0) is 22.6 Å². The molecular weight excluding hydrogens is 567 g/mol. The summed E-state index contributed by atoms with van der Waals surface area (Å²) < 4.78 is 33.1. The second-order valence-electron chi connectivity index (χ2n) is 9.78. The average Bonchev–Trinajstić information content (AvgIpc) is 3.34. The Morgan fingerprint density at radius 2 is 1.84 bits per heavy atom. The number of halogens is 1. The minimum atomic E-state index is -0.679. The van der Waals surface area contributed by atoms with E-state index in [9.17, 15) is 14.0 Å². The topological polar surface area (TPSA) is 79.1 Å². The van der Waals surface area contributed by atoms with Gasteiger partial charge >= 0.3 is 5.97 Å². The molecule has 0 radical (unpaired) electrons. The first kappa shape index (κ1) is 29.7. The predicted octanol–water partition coefficient (Wildman–Crippen LogP) is 5.25. The lowest BCUT2D eigenvalue weighted by Gasteiger charge is -2.25. The van der Waals surface area contributed by atoms with E-state index in [2.05, 4.69) is 6.58 Å². The van der Waals surface area contributed by atoms with Gasteiger partial charge in [-0.1, -0.05) is 72.9 Å². The number of carbonyl (C=O) groups excluding carboxylic acids is 1. The van der Waals surface area contributed by atoms with Gasteiger partial charge in [0.25, 0.3) is 5.56 Å². The Hall–Kier alpha value is -4.76. The summed E-state index contributed by atoms with van der Waals surface area (Å²) in [5, 5.41) is 0. The summed E-state index contributed by atoms with van der Waals surface area (Å²) in [5.41, 5.74) is 3.33. The van der Waals surface area contributed by atoms with Gasteiger partial charge in [-0.15, -0.1) is 6.58 Å². The largest absolute Gasteiger partial charge is 0.493 e. The summed E-state index contributed by atoms with van der Waals surface area (Å²) in [5.74, 6) is 0.0457. The van der Waals surface area contributed by atoms with Gasteiger partial charge in [-0.25, -0.2) is 14.2 Å². The van der Waals surface area contributed by atoms with Gasteiger partial charge in [0, 0.05) is 11.1 Å². The number of esters is 1. The van der Waals surface area contributed by atoms with Gasteiger partial charge < -0.3 is 14.2 Å². The van der Waals surface area contributed by atoms with Crippen molar-refractivity contribution in [3.05, 3.63) is 138 Å². The van der Waals surface area contributed by atoms with Crippen molar-refractivity contribution in [1.82, 2.24) is 4.57 Å². The molecule has 3 aromatic carbocycles. The third-order valence-corrected chi connectivity index (χ3v) is 8.11. The minimum Gasteiger partial charge on any atom is -0.493 e. The first-order valence-corrected chi connectivity index (χ1v) is 14.6. The van der Waals surface area contributed by atoms with E-state index >= 15 is 0 Å². The Balaban J connectivity index is 1.63. The van der Waals surface area contributed by atoms with Crippen LogP contribution in [0.5, 0.6) is 11.5 Å². The number of aromatic nitrogens is 1. The monoisotopic (exact) mass is 598 g/mol. The molecule has 1 aliphatic heterocycles. The molecular formula is C34H31FN2O5S. The molecule has 0 saturated heterocycles. The molecule has 0 N–H and O–H groups in total. The Bertz CT molecular complexity index is 1890. The van der Waals surface area contributed by atoms with E-state index in [1.807, 2.05) is 43.3 Å². The fourth-order valence-electron chi connectivity index (χ4n) is 5.12. The SMILES string of the molecule is C=CCc1cc(/C=c2\sc3n(c2=O)[C@H](c2ccccc2)C(C(=O)OC)=C(CC)N=3)cc(OC)c1OCc1ccccc1F. The molecule has 0 fully saturated rings. The van der Waals surface area contributed by atoms with Crippen LogP contribution in [0.3, 0.4) is 0 Å². The van der Waals surface area contributed by atoms with Crippen molar-refractivity contribution in [2.75, 3.05) is 14.2 Å². The van der Waals surface area contributed by atoms with Gasteiger partial charge in [0.15, 0.2) is 16.3 Å². The van der Waals surface area contributed by atoms with Crippen molar-refractivity contribution in [2.24, 2.45) is 4.99 Å². The summed E-state index contributed by atoms with van der Waals surface area (Å²) in [4.78, 5) is 32.2. The molecule has 1 aliphatic rings. The minimum absolute atomic E-state index is 0.0207. The fraction of sp³-hybridized carbons (Fsp3) is 0.206. The average molecular weight is 599 g/mol. The smallest absolute Gasteiger partial charge is 0.338 e. The van der Waals surface area contributed by atoms with E-state index < -0.39 is 12.0 Å². The van der Waals surface area contributed by atoms with E-state index in [1.165, 1.54) is 31.6 Å². The predicted molar refractivity (Wildman–Crippen MR) is 164 cm³/mol. The lowest BCUT2D eigenvalue weighted by Crippen LogP contribution is -2.40. The van der Waals surface area contributed by atoms with Crippen molar-refractivity contribution >= 4 is 23.4 Å². The summed E-state index contributed by atoms with van der Waals surface area (Å²) in [6.07, 6.45) is 4.47. The molecule has 0 bridgehead atoms. The Kier molecular flexibility index (Phi) is 9.01. The second kappa shape index (κ2) is 13.0. The number of methoxy groups -OCH3 is 2. The molecule has 43 heavy (non-hydrogen) atoms. The van der Waals surface area contributed by atoms with Crippen LogP contribution in [0.4, 0.5) is 4.39 Å². The molecule has 9 heteroatoms. The van der Waals surface area contributed by atoms with Crippen molar-refractivity contribution in [2.45, 2.75) is 32.4 Å². The number of hydrogen-bond donors (Lipinski definition) is 0. The molecule has 7 nitrogen and oxygen atoms in total. The highest BCUT2D eigenvalue weighted by Gasteiger charge is 2.33. The van der Waals surface area contributed by atoms with Crippen LogP contribution in [0.15, 0.2) is 100 Å². The van der Waals surface area contributed by atoms with Gasteiger partial charge in [0.2, 0.25) is 0 Å². The van der Waals surface area contributed by atoms with E-state index in [4.69, 9.17) is 19.2 Å². The second-order valence-corrected chi connectivity index (χ2v) is 10.8. The van der Waals surface area contributed by atoms with Crippen LogP contribution in [-0.4, -0.2) is 24.8 Å². The van der Waals surface area contributed by atoms with Gasteiger partial charge in [-0.2, -0.15) is 0 Å². The van der Waals surface area contributed by atoms with Crippen molar-refractivity contribution in [3.8, 4) is 11.5 Å². The zero-order valence-corrected chi connectivity index (χ0v) is 24.9. The lowest BCUT2D eigenvalue weighted by atomic mass is 9.95. The molecule has 1 aromatic heterocycles. The van der Waals surface area contributed by atoms with Crippen molar-refractivity contribution in [3.63, 3.8) is 0 Å². The molecule has 1 atom stereocenters. The summed E-state index contributed by atoms with van der Waals surface area (Å²) in [6, 6.07) is 18.8. The first-order valence-electron chi connectivity index (χ1n) is 13.8. The quantitative estimate of drug-likeness (QED) is 0.184. The number of nitrogens with zero attached hydrogens (tertiary/aromatic N) is 2. The molecule has 0 saturated carbocycles. The number of allylic oxidation sites excluding steroid dienone is 2. The van der Waals surface area contributed by atoms with Crippen LogP contribution >= 0.6 is 11.3 Å². The van der Waals surface area contributed by atoms with E-state index in [0.717, 1.165) is 11.1 Å². The fourth-order valence-corrected chi connectivity index (χ4v) is 6.14. The zero-order valence-electron chi connectivity index (χ0n) is 24.1. The number of fused-ring (bicyclic) bond motifs is 1. The molecule has 0 unspecified atom stereocenters. The molecule has 4 aromatic rings. The molecule has 0 amide bonds. The molecule has 5 rings (SSSR count). The van der Waals surface area contributed by atoms with Crippen LogP contribution in [0.1, 0.15) is 41.6 Å². The first-order chi connectivity index (χ1) is 20.9. The normalized spacial score (nSPS) is 14.6. The van der Waals surface area contributed by atoms with E-state index in [-0.39, 0.29) is 18.0 Å². The van der Waals surface area contributed by atoms with Crippen molar-refractivity contribution < 1.29 is 23.4 Å². The third-order valence-electron chi connectivity index (χ3n) is 7.13. The lowest BCUT2D eigenvalue weighted by molar-refractivity contribution is -0.136. The van der Waals surface area contributed by atoms with Crippen molar-refractivity contribution in [1.29, 1.82) is 0 Å². The number of rotatable bonds is 10. The standard InChI is InChI=1S/C34H31FN2O5S/c1-5-12-23-17-21(18-27(40-3)31(23)42-20-24-15-10-11-16-25(24)35)19-28-32(38)37-30(22-13-8-7-9-14-22)29(33(39)41-4)26(6-2)36-34(37)43-28/h5,7-11,13-19,30H,1,6,12,20H2,2-4H3/b28-19-/t30-/m1/s1. The van der Waals surface area contributed by atoms with Crippen LogP contribution in [0, 0.1) is 5.82 Å². The van der Waals surface area contributed by atoms with Gasteiger partial charge in [-0.05, 0) is 48.2 Å². The number of hydrogen-bond acceptors (Lipinski definition) is 7. The van der Waals surface area contributed by atoms with E-state index in [0.29, 0.717) is 56.1 Å². The van der Waals surface area contributed by atoms with Gasteiger partial charge in [0.1, 0.15) is 12.4 Å². The number of thiazole rings is 1. The molecule has 2 heterocycles. The number of benzene rings is 3.